The minimum atomic E-state index is -0.346. The molecule has 0 saturated carbocycles. The molecule has 0 bridgehead atoms. The van der Waals surface area contributed by atoms with E-state index in [9.17, 15) is 4.79 Å². The third kappa shape index (κ3) is 4.28. The first-order valence-electron chi connectivity index (χ1n) is 9.36. The minimum absolute atomic E-state index is 0.0450. The molecule has 0 aliphatic heterocycles. The van der Waals surface area contributed by atoms with Gasteiger partial charge in [0.1, 0.15) is 6.10 Å². The van der Waals surface area contributed by atoms with Gasteiger partial charge in [0.2, 0.25) is 0 Å². The van der Waals surface area contributed by atoms with Crippen molar-refractivity contribution in [3.8, 4) is 0 Å². The predicted octanol–water partition coefficient (Wildman–Crippen LogP) is 6.31. The van der Waals surface area contributed by atoms with E-state index in [0.29, 0.717) is 5.56 Å². The van der Waals surface area contributed by atoms with Gasteiger partial charge in [-0.3, -0.25) is 0 Å². The Balaban J connectivity index is 1.96. The molecule has 0 N–H and O–H groups in total. The Morgan fingerprint density at radius 3 is 1.78 bits per heavy atom. The molecule has 2 unspecified atom stereocenters. The van der Waals surface area contributed by atoms with Crippen molar-refractivity contribution in [3.63, 3.8) is 0 Å². The first kappa shape index (κ1) is 18.9. The second kappa shape index (κ2) is 8.22. The topological polar surface area (TPSA) is 26.3 Å². The van der Waals surface area contributed by atoms with Crippen molar-refractivity contribution in [2.45, 2.75) is 39.7 Å². The van der Waals surface area contributed by atoms with Crippen LogP contribution in [0.1, 0.15) is 57.1 Å². The summed E-state index contributed by atoms with van der Waals surface area (Å²) in [6, 6.07) is 24.2. The summed E-state index contributed by atoms with van der Waals surface area (Å²) < 4.78 is 6.10. The quantitative estimate of drug-likeness (QED) is 0.499. The number of hydrogen-bond donors (Lipinski definition) is 0. The lowest BCUT2D eigenvalue weighted by Gasteiger charge is -2.26. The molecule has 0 aliphatic carbocycles. The van der Waals surface area contributed by atoms with Crippen molar-refractivity contribution in [3.05, 3.63) is 106 Å². The Bertz CT molecular complexity index is 891. The molecule has 0 amide bonds. The smallest absolute Gasteiger partial charge is 0.339 e. The van der Waals surface area contributed by atoms with Crippen LogP contribution in [-0.2, 0) is 4.74 Å². The molecule has 27 heavy (non-hydrogen) atoms. The van der Waals surface area contributed by atoms with E-state index in [4.69, 9.17) is 4.74 Å². The normalized spacial score (nSPS) is 13.0. The van der Waals surface area contributed by atoms with Crippen LogP contribution >= 0.6 is 0 Å². The Hall–Kier alpha value is -2.87. The molecule has 2 nitrogen and oxygen atoms in total. The van der Waals surface area contributed by atoms with Crippen LogP contribution in [0.4, 0.5) is 0 Å². The van der Waals surface area contributed by atoms with Crippen LogP contribution in [0.5, 0.6) is 0 Å². The highest BCUT2D eigenvalue weighted by Crippen LogP contribution is 2.35. The molecule has 0 radical (unpaired) electrons. The summed E-state index contributed by atoms with van der Waals surface area (Å²) in [4.78, 5) is 13.1. The van der Waals surface area contributed by atoms with Gasteiger partial charge in [-0.15, -0.1) is 0 Å². The maximum atomic E-state index is 13.1. The minimum Gasteiger partial charge on any atom is -0.453 e. The molecule has 0 heterocycles. The zero-order valence-electron chi connectivity index (χ0n) is 16.4. The third-order valence-corrected chi connectivity index (χ3v) is 5.02. The number of esters is 1. The van der Waals surface area contributed by atoms with Crippen molar-refractivity contribution in [2.75, 3.05) is 0 Å². The Morgan fingerprint density at radius 1 is 0.778 bits per heavy atom. The third-order valence-electron chi connectivity index (χ3n) is 5.02. The van der Waals surface area contributed by atoms with Gasteiger partial charge >= 0.3 is 5.97 Å². The van der Waals surface area contributed by atoms with Gasteiger partial charge in [0.05, 0.1) is 5.56 Å². The molecule has 0 aromatic heterocycles. The van der Waals surface area contributed by atoms with Crippen LogP contribution in [0.2, 0.25) is 0 Å². The number of benzene rings is 3. The van der Waals surface area contributed by atoms with E-state index in [1.165, 1.54) is 0 Å². The van der Waals surface area contributed by atoms with Gasteiger partial charge in [-0.2, -0.15) is 0 Å². The molecular weight excluding hydrogens is 332 g/mol. The van der Waals surface area contributed by atoms with Crippen molar-refractivity contribution >= 4 is 5.97 Å². The highest BCUT2D eigenvalue weighted by molar-refractivity contribution is 5.93. The zero-order valence-corrected chi connectivity index (χ0v) is 16.4. The first-order valence-corrected chi connectivity index (χ1v) is 9.36. The first-order chi connectivity index (χ1) is 13.0. The molecule has 2 atom stereocenters. The fourth-order valence-electron chi connectivity index (χ4n) is 3.71. The average Bonchev–Trinajstić information content (AvgIpc) is 2.66. The van der Waals surface area contributed by atoms with Gasteiger partial charge in [-0.25, -0.2) is 4.79 Å². The van der Waals surface area contributed by atoms with Gasteiger partial charge < -0.3 is 4.74 Å². The average molecular weight is 358 g/mol. The molecule has 0 aliphatic rings. The summed E-state index contributed by atoms with van der Waals surface area (Å²) in [5.74, 6) is -0.217. The fourth-order valence-corrected chi connectivity index (χ4v) is 3.71. The van der Waals surface area contributed by atoms with E-state index in [0.717, 1.165) is 27.8 Å². The summed E-state index contributed by atoms with van der Waals surface area (Å²) >= 11 is 0. The molecule has 0 fully saturated rings. The number of carbonyl (C=O) groups excluding carboxylic acids is 1. The number of carbonyl (C=O) groups is 1. The maximum Gasteiger partial charge on any atom is 0.339 e. The molecule has 138 valence electrons. The monoisotopic (exact) mass is 358 g/mol. The van der Waals surface area contributed by atoms with Crippen LogP contribution in [0.15, 0.2) is 72.8 Å². The molecular formula is C25H26O2. The Morgan fingerprint density at radius 2 is 1.26 bits per heavy atom. The van der Waals surface area contributed by atoms with Gasteiger partial charge in [0, 0.05) is 5.92 Å². The number of ether oxygens (including phenoxy) is 1. The number of hydrogen-bond acceptors (Lipinski definition) is 2. The Kier molecular flexibility index (Phi) is 5.75. The van der Waals surface area contributed by atoms with Gasteiger partial charge in [0.15, 0.2) is 0 Å². The van der Waals surface area contributed by atoms with Gasteiger partial charge in [0.25, 0.3) is 0 Å². The van der Waals surface area contributed by atoms with Crippen molar-refractivity contribution < 1.29 is 9.53 Å². The van der Waals surface area contributed by atoms with Crippen molar-refractivity contribution in [1.82, 2.24) is 0 Å². The highest BCUT2D eigenvalue weighted by Gasteiger charge is 2.26. The highest BCUT2D eigenvalue weighted by atomic mass is 16.5. The summed E-state index contributed by atoms with van der Waals surface area (Å²) in [7, 11) is 0. The zero-order chi connectivity index (χ0) is 19.4. The SMILES string of the molecule is Cc1cc(C)c(C(=O)OC(c2ccccc2)C(C)c2ccccc2)c(C)c1. The number of rotatable bonds is 5. The van der Waals surface area contributed by atoms with E-state index in [1.807, 2.05) is 81.4 Å². The molecule has 3 aromatic carbocycles. The van der Waals surface area contributed by atoms with Crippen LogP contribution < -0.4 is 0 Å². The van der Waals surface area contributed by atoms with E-state index >= 15 is 0 Å². The second-order valence-corrected chi connectivity index (χ2v) is 7.21. The van der Waals surface area contributed by atoms with E-state index in [2.05, 4.69) is 19.1 Å². The summed E-state index contributed by atoms with van der Waals surface area (Å²) in [5, 5.41) is 0. The van der Waals surface area contributed by atoms with E-state index in [1.54, 1.807) is 0 Å². The predicted molar refractivity (Wildman–Crippen MR) is 110 cm³/mol. The van der Waals surface area contributed by atoms with Crippen LogP contribution in [0.25, 0.3) is 0 Å². The van der Waals surface area contributed by atoms with Gasteiger partial charge in [-0.1, -0.05) is 85.3 Å². The van der Waals surface area contributed by atoms with Crippen LogP contribution in [0.3, 0.4) is 0 Å². The molecule has 0 spiro atoms. The molecule has 2 heteroatoms. The molecule has 3 rings (SSSR count). The van der Waals surface area contributed by atoms with E-state index < -0.39 is 0 Å². The van der Waals surface area contributed by atoms with E-state index in [-0.39, 0.29) is 18.0 Å². The van der Waals surface area contributed by atoms with Crippen LogP contribution in [0, 0.1) is 20.8 Å². The number of aryl methyl sites for hydroxylation is 3. The fraction of sp³-hybridized carbons (Fsp3) is 0.240. The maximum absolute atomic E-state index is 13.1. The standard InChI is InChI=1S/C25H26O2/c1-17-15-18(2)23(19(3)16-17)25(26)27-24(22-13-9-6-10-14-22)20(4)21-11-7-5-8-12-21/h5-16,20,24H,1-4H3. The lowest BCUT2D eigenvalue weighted by molar-refractivity contribution is 0.0238. The largest absolute Gasteiger partial charge is 0.453 e. The van der Waals surface area contributed by atoms with Gasteiger partial charge in [-0.05, 0) is 43.0 Å². The Labute approximate surface area is 161 Å². The van der Waals surface area contributed by atoms with Crippen molar-refractivity contribution in [2.24, 2.45) is 0 Å². The summed E-state index contributed by atoms with van der Waals surface area (Å²) in [6.07, 6.45) is -0.346. The lowest BCUT2D eigenvalue weighted by atomic mass is 9.90. The summed E-state index contributed by atoms with van der Waals surface area (Å²) in [6.45, 7) is 8.08. The van der Waals surface area contributed by atoms with Crippen molar-refractivity contribution in [1.29, 1.82) is 0 Å². The molecule has 3 aromatic rings. The summed E-state index contributed by atoms with van der Waals surface area (Å²) in [5.41, 5.74) is 5.88. The second-order valence-electron chi connectivity index (χ2n) is 7.21. The van der Waals surface area contributed by atoms with Crippen LogP contribution in [-0.4, -0.2) is 5.97 Å². The molecule has 0 saturated heterocycles. The lowest BCUT2D eigenvalue weighted by Crippen LogP contribution is -2.18.